The van der Waals surface area contributed by atoms with Gasteiger partial charge in [-0.15, -0.1) is 0 Å². The summed E-state index contributed by atoms with van der Waals surface area (Å²) in [7, 11) is 0. The Morgan fingerprint density at radius 1 is 1.03 bits per heavy atom. The van der Waals surface area contributed by atoms with Crippen LogP contribution in [0.5, 0.6) is 17.4 Å². The van der Waals surface area contributed by atoms with Crippen molar-refractivity contribution < 1.29 is 14.6 Å². The van der Waals surface area contributed by atoms with Crippen molar-refractivity contribution in [3.05, 3.63) is 89.1 Å². The minimum atomic E-state index is -0.174. The molecular formula is C23H19ClN2O3. The standard InChI is InChI=1S/C23H19ClN2O3/c24-17-10-12-18(13-11-17)29-22-9-3-7-20(25-22)23(28)26-14-4-5-16(15-26)19-6-1-2-8-21(19)27/h1-3,5-13,27H,4,14-15H2. The van der Waals surface area contributed by atoms with Crippen molar-refractivity contribution in [1.29, 1.82) is 0 Å². The van der Waals surface area contributed by atoms with Gasteiger partial charge in [0.25, 0.3) is 5.91 Å². The van der Waals surface area contributed by atoms with E-state index in [2.05, 4.69) is 11.1 Å². The summed E-state index contributed by atoms with van der Waals surface area (Å²) in [5, 5.41) is 10.7. The molecule has 0 bridgehead atoms. The number of amides is 1. The van der Waals surface area contributed by atoms with Crippen molar-refractivity contribution in [2.45, 2.75) is 6.42 Å². The Morgan fingerprint density at radius 2 is 1.83 bits per heavy atom. The Kier molecular flexibility index (Phi) is 5.49. The van der Waals surface area contributed by atoms with Crippen molar-refractivity contribution >= 4 is 23.1 Å². The largest absolute Gasteiger partial charge is 0.507 e. The molecule has 0 aliphatic carbocycles. The van der Waals surface area contributed by atoms with E-state index in [-0.39, 0.29) is 11.7 Å². The third-order valence-corrected chi connectivity index (χ3v) is 4.92. The smallest absolute Gasteiger partial charge is 0.272 e. The summed E-state index contributed by atoms with van der Waals surface area (Å²) in [4.78, 5) is 19.1. The summed E-state index contributed by atoms with van der Waals surface area (Å²) < 4.78 is 5.73. The fourth-order valence-electron chi connectivity index (χ4n) is 3.23. The second-order valence-corrected chi connectivity index (χ2v) is 7.12. The summed E-state index contributed by atoms with van der Waals surface area (Å²) in [6, 6.07) is 19.2. The van der Waals surface area contributed by atoms with Crippen LogP contribution in [-0.4, -0.2) is 34.0 Å². The molecule has 3 aromatic rings. The van der Waals surface area contributed by atoms with E-state index in [9.17, 15) is 9.90 Å². The van der Waals surface area contributed by atoms with Crippen LogP contribution >= 0.6 is 11.6 Å². The number of rotatable bonds is 4. The van der Waals surface area contributed by atoms with E-state index >= 15 is 0 Å². The lowest BCUT2D eigenvalue weighted by Gasteiger charge is -2.27. The summed E-state index contributed by atoms with van der Waals surface area (Å²) in [5.41, 5.74) is 1.99. The molecule has 0 unspecified atom stereocenters. The van der Waals surface area contributed by atoms with Crippen LogP contribution < -0.4 is 4.74 Å². The third-order valence-electron chi connectivity index (χ3n) is 4.67. The fourth-order valence-corrected chi connectivity index (χ4v) is 3.36. The Hall–Kier alpha value is -3.31. The first-order valence-electron chi connectivity index (χ1n) is 9.27. The summed E-state index contributed by atoms with van der Waals surface area (Å²) >= 11 is 5.89. The first kappa shape index (κ1) is 19.0. The first-order chi connectivity index (χ1) is 14.1. The topological polar surface area (TPSA) is 62.7 Å². The quantitative estimate of drug-likeness (QED) is 0.649. The van der Waals surface area contributed by atoms with E-state index in [1.165, 1.54) is 0 Å². The molecule has 146 valence electrons. The van der Waals surface area contributed by atoms with Crippen molar-refractivity contribution in [2.24, 2.45) is 0 Å². The predicted molar refractivity (Wildman–Crippen MR) is 112 cm³/mol. The molecule has 2 heterocycles. The summed E-state index contributed by atoms with van der Waals surface area (Å²) in [6.45, 7) is 1.01. The molecule has 1 aromatic heterocycles. The molecule has 0 saturated carbocycles. The minimum Gasteiger partial charge on any atom is -0.507 e. The van der Waals surface area contributed by atoms with Crippen LogP contribution in [0, 0.1) is 0 Å². The monoisotopic (exact) mass is 406 g/mol. The molecule has 0 fully saturated rings. The number of hydrogen-bond donors (Lipinski definition) is 1. The van der Waals surface area contributed by atoms with Crippen molar-refractivity contribution in [3.63, 3.8) is 0 Å². The number of carbonyl (C=O) groups is 1. The Labute approximate surface area is 173 Å². The number of benzene rings is 2. The average molecular weight is 407 g/mol. The van der Waals surface area contributed by atoms with Gasteiger partial charge in [0.15, 0.2) is 0 Å². The zero-order valence-electron chi connectivity index (χ0n) is 15.6. The molecule has 6 heteroatoms. The lowest BCUT2D eigenvalue weighted by molar-refractivity contribution is 0.0768. The minimum absolute atomic E-state index is 0.174. The molecule has 2 aromatic carbocycles. The number of hydrogen-bond acceptors (Lipinski definition) is 4. The number of phenolic OH excluding ortho intramolecular Hbond substituents is 1. The molecule has 29 heavy (non-hydrogen) atoms. The third kappa shape index (κ3) is 4.41. The number of para-hydroxylation sites is 1. The number of halogens is 1. The van der Waals surface area contributed by atoms with Gasteiger partial charge >= 0.3 is 0 Å². The molecule has 1 aliphatic rings. The van der Waals surface area contributed by atoms with E-state index in [4.69, 9.17) is 16.3 Å². The predicted octanol–water partition coefficient (Wildman–Crippen LogP) is 5.16. The molecule has 0 spiro atoms. The van der Waals surface area contributed by atoms with Crippen LogP contribution in [0.1, 0.15) is 22.5 Å². The summed E-state index contributed by atoms with van der Waals surface area (Å²) in [5.74, 6) is 0.970. The number of aromatic nitrogens is 1. The summed E-state index contributed by atoms with van der Waals surface area (Å²) in [6.07, 6.45) is 2.78. The molecule has 0 saturated heterocycles. The first-order valence-corrected chi connectivity index (χ1v) is 9.65. The zero-order valence-corrected chi connectivity index (χ0v) is 16.3. The van der Waals surface area contributed by atoms with Gasteiger partial charge in [0.2, 0.25) is 5.88 Å². The highest BCUT2D eigenvalue weighted by Crippen LogP contribution is 2.29. The Morgan fingerprint density at radius 3 is 2.62 bits per heavy atom. The number of carbonyl (C=O) groups excluding carboxylic acids is 1. The van der Waals surface area contributed by atoms with Gasteiger partial charge in [0.1, 0.15) is 17.2 Å². The maximum absolute atomic E-state index is 13.0. The van der Waals surface area contributed by atoms with E-state index in [0.717, 1.165) is 17.6 Å². The van der Waals surface area contributed by atoms with Crippen LogP contribution in [0.25, 0.3) is 5.57 Å². The molecule has 1 aliphatic heterocycles. The highest BCUT2D eigenvalue weighted by molar-refractivity contribution is 6.30. The van der Waals surface area contributed by atoms with E-state index in [0.29, 0.717) is 35.4 Å². The van der Waals surface area contributed by atoms with Crippen molar-refractivity contribution in [2.75, 3.05) is 13.1 Å². The lowest BCUT2D eigenvalue weighted by Crippen LogP contribution is -2.36. The maximum atomic E-state index is 13.0. The molecule has 1 N–H and O–H groups in total. The molecule has 0 atom stereocenters. The Bertz CT molecular complexity index is 1060. The maximum Gasteiger partial charge on any atom is 0.272 e. The normalized spacial score (nSPS) is 13.7. The van der Waals surface area contributed by atoms with E-state index < -0.39 is 0 Å². The van der Waals surface area contributed by atoms with Crippen molar-refractivity contribution in [1.82, 2.24) is 9.88 Å². The SMILES string of the molecule is O=C(c1cccc(Oc2ccc(Cl)cc2)n1)N1CCC=C(c2ccccc2O)C1. The van der Waals surface area contributed by atoms with Gasteiger partial charge in [-0.3, -0.25) is 4.79 Å². The van der Waals surface area contributed by atoms with Crippen LogP contribution in [0.2, 0.25) is 5.02 Å². The van der Waals surface area contributed by atoms with Gasteiger partial charge in [0, 0.05) is 29.7 Å². The lowest BCUT2D eigenvalue weighted by atomic mass is 10.00. The van der Waals surface area contributed by atoms with E-state index in [1.54, 1.807) is 59.5 Å². The zero-order chi connectivity index (χ0) is 20.2. The number of aromatic hydroxyl groups is 1. The van der Waals surface area contributed by atoms with E-state index in [1.807, 2.05) is 12.1 Å². The average Bonchev–Trinajstić information content (AvgIpc) is 2.75. The number of ether oxygens (including phenoxy) is 1. The van der Waals surface area contributed by atoms with Gasteiger partial charge in [-0.2, -0.15) is 0 Å². The number of phenols is 1. The molecule has 5 nitrogen and oxygen atoms in total. The Balaban J connectivity index is 1.50. The van der Waals surface area contributed by atoms with Crippen LogP contribution in [-0.2, 0) is 0 Å². The van der Waals surface area contributed by atoms with Gasteiger partial charge in [-0.05, 0) is 48.4 Å². The molecule has 1 amide bonds. The second kappa shape index (κ2) is 8.37. The molecule has 0 radical (unpaired) electrons. The van der Waals surface area contributed by atoms with Crippen LogP contribution in [0.3, 0.4) is 0 Å². The van der Waals surface area contributed by atoms with Crippen LogP contribution in [0.15, 0.2) is 72.8 Å². The molecular weight excluding hydrogens is 388 g/mol. The van der Waals surface area contributed by atoms with Gasteiger partial charge < -0.3 is 14.7 Å². The highest BCUT2D eigenvalue weighted by Gasteiger charge is 2.22. The van der Waals surface area contributed by atoms with Gasteiger partial charge in [-0.25, -0.2) is 4.98 Å². The highest BCUT2D eigenvalue weighted by atomic mass is 35.5. The number of nitrogens with zero attached hydrogens (tertiary/aromatic N) is 2. The number of pyridine rings is 1. The van der Waals surface area contributed by atoms with Gasteiger partial charge in [-0.1, -0.05) is 41.9 Å². The van der Waals surface area contributed by atoms with Crippen molar-refractivity contribution in [3.8, 4) is 17.4 Å². The second-order valence-electron chi connectivity index (χ2n) is 6.68. The van der Waals surface area contributed by atoms with Crippen LogP contribution in [0.4, 0.5) is 0 Å². The molecule has 4 rings (SSSR count). The van der Waals surface area contributed by atoms with Gasteiger partial charge in [0.05, 0.1) is 0 Å². The fraction of sp³-hybridized carbons (Fsp3) is 0.130.